The zero-order valence-electron chi connectivity index (χ0n) is 13.0. The molecular formula is C16H22N4O. The van der Waals surface area contributed by atoms with Gasteiger partial charge >= 0.3 is 0 Å². The molecule has 112 valence electrons. The smallest absolute Gasteiger partial charge is 0.147 e. The molecule has 0 amide bonds. The molecular weight excluding hydrogens is 264 g/mol. The molecule has 0 N–H and O–H groups in total. The van der Waals surface area contributed by atoms with E-state index in [-0.39, 0.29) is 0 Å². The number of anilines is 1. The monoisotopic (exact) mass is 286 g/mol. The lowest BCUT2D eigenvalue weighted by molar-refractivity contribution is 0.0929. The number of aryl methyl sites for hydroxylation is 2. The molecule has 2 aliphatic heterocycles. The van der Waals surface area contributed by atoms with Gasteiger partial charge < -0.3 is 9.64 Å². The second-order valence-electron chi connectivity index (χ2n) is 6.29. The van der Waals surface area contributed by atoms with Crippen molar-refractivity contribution in [2.24, 2.45) is 5.92 Å². The number of rotatable bonds is 1. The highest BCUT2D eigenvalue weighted by Gasteiger charge is 2.32. The minimum Gasteiger partial charge on any atom is -0.379 e. The van der Waals surface area contributed by atoms with Crippen LogP contribution < -0.4 is 4.90 Å². The van der Waals surface area contributed by atoms with Crippen molar-refractivity contribution in [1.82, 2.24) is 9.88 Å². The van der Waals surface area contributed by atoms with E-state index in [9.17, 15) is 5.26 Å². The molecule has 1 aromatic rings. The van der Waals surface area contributed by atoms with Crippen LogP contribution in [0.5, 0.6) is 0 Å². The summed E-state index contributed by atoms with van der Waals surface area (Å²) in [5, 5.41) is 9.49. The Morgan fingerprint density at radius 1 is 1.29 bits per heavy atom. The number of nitriles is 1. The summed E-state index contributed by atoms with van der Waals surface area (Å²) in [6.07, 6.45) is 0. The molecule has 2 aliphatic rings. The standard InChI is InChI=1S/C16H22N4O/c1-11-4-12(2)18-16(15(11)5-17)20-7-13-6-19(3)14(8-20)10-21-9-13/h4,13-14H,6-10H2,1-3H3/t13-,14+/m1/s1. The predicted octanol–water partition coefficient (Wildman–Crippen LogP) is 1.34. The fourth-order valence-electron chi connectivity index (χ4n) is 3.41. The first-order chi connectivity index (χ1) is 10.1. The highest BCUT2D eigenvalue weighted by atomic mass is 16.5. The van der Waals surface area contributed by atoms with E-state index in [2.05, 4.69) is 27.9 Å². The Hall–Kier alpha value is -1.64. The van der Waals surface area contributed by atoms with Gasteiger partial charge in [-0.2, -0.15) is 5.26 Å². The van der Waals surface area contributed by atoms with Crippen LogP contribution in [0.3, 0.4) is 0 Å². The molecule has 0 spiro atoms. The number of aromatic nitrogens is 1. The van der Waals surface area contributed by atoms with E-state index in [1.54, 1.807) is 0 Å². The highest BCUT2D eigenvalue weighted by Crippen LogP contribution is 2.27. The van der Waals surface area contributed by atoms with Crippen molar-refractivity contribution < 1.29 is 4.74 Å². The summed E-state index contributed by atoms with van der Waals surface area (Å²) < 4.78 is 5.77. The van der Waals surface area contributed by atoms with Crippen molar-refractivity contribution in [3.8, 4) is 6.07 Å². The third-order valence-corrected chi connectivity index (χ3v) is 4.48. The first-order valence-corrected chi connectivity index (χ1v) is 7.49. The van der Waals surface area contributed by atoms with E-state index in [4.69, 9.17) is 4.74 Å². The Kier molecular flexibility index (Phi) is 3.83. The molecule has 0 aliphatic carbocycles. The summed E-state index contributed by atoms with van der Waals surface area (Å²) in [6.45, 7) is 8.37. The van der Waals surface area contributed by atoms with Crippen LogP contribution in [0.4, 0.5) is 5.82 Å². The van der Waals surface area contributed by atoms with Crippen molar-refractivity contribution in [2.45, 2.75) is 19.9 Å². The number of ether oxygens (including phenoxy) is 1. The van der Waals surface area contributed by atoms with Crippen molar-refractivity contribution >= 4 is 5.82 Å². The molecule has 5 heteroatoms. The molecule has 3 rings (SSSR count). The molecule has 0 saturated carbocycles. The summed E-state index contributed by atoms with van der Waals surface area (Å²) in [7, 11) is 2.16. The molecule has 2 fully saturated rings. The fourth-order valence-corrected chi connectivity index (χ4v) is 3.41. The van der Waals surface area contributed by atoms with Crippen LogP contribution in [0.2, 0.25) is 0 Å². The summed E-state index contributed by atoms with van der Waals surface area (Å²) in [6, 6.07) is 4.69. The molecule has 21 heavy (non-hydrogen) atoms. The van der Waals surface area contributed by atoms with Gasteiger partial charge in [0.15, 0.2) is 0 Å². The Bertz CT molecular complexity index is 580. The van der Waals surface area contributed by atoms with Crippen LogP contribution >= 0.6 is 0 Å². The lowest BCUT2D eigenvalue weighted by atomic mass is 10.1. The van der Waals surface area contributed by atoms with Gasteiger partial charge in [-0.05, 0) is 32.5 Å². The number of fused-ring (bicyclic) bond motifs is 3. The number of nitrogens with zero attached hydrogens (tertiary/aromatic N) is 4. The van der Waals surface area contributed by atoms with Gasteiger partial charge in [-0.15, -0.1) is 0 Å². The average Bonchev–Trinajstić information content (AvgIpc) is 2.66. The van der Waals surface area contributed by atoms with Gasteiger partial charge in [0, 0.05) is 31.2 Å². The molecule has 0 unspecified atom stereocenters. The minimum absolute atomic E-state index is 0.367. The van der Waals surface area contributed by atoms with E-state index < -0.39 is 0 Å². The molecule has 0 aromatic carbocycles. The quantitative estimate of drug-likeness (QED) is 0.780. The third kappa shape index (κ3) is 2.74. The fraction of sp³-hybridized carbons (Fsp3) is 0.625. The van der Waals surface area contributed by atoms with Gasteiger partial charge in [0.2, 0.25) is 0 Å². The van der Waals surface area contributed by atoms with Crippen LogP contribution in [-0.2, 0) is 4.74 Å². The van der Waals surface area contributed by atoms with E-state index >= 15 is 0 Å². The molecule has 2 saturated heterocycles. The maximum absolute atomic E-state index is 9.49. The van der Waals surface area contributed by atoms with Gasteiger partial charge in [0.1, 0.15) is 11.9 Å². The molecule has 0 radical (unpaired) electrons. The van der Waals surface area contributed by atoms with Crippen molar-refractivity contribution in [3.05, 3.63) is 22.9 Å². The summed E-state index contributed by atoms with van der Waals surface area (Å²) in [4.78, 5) is 9.34. The number of hydrogen-bond donors (Lipinski definition) is 0. The van der Waals surface area contributed by atoms with E-state index in [0.29, 0.717) is 17.5 Å². The molecule has 5 nitrogen and oxygen atoms in total. The Labute approximate surface area is 126 Å². The first-order valence-electron chi connectivity index (χ1n) is 7.49. The normalized spacial score (nSPS) is 26.3. The zero-order chi connectivity index (χ0) is 15.0. The summed E-state index contributed by atoms with van der Waals surface area (Å²) >= 11 is 0. The van der Waals surface area contributed by atoms with E-state index in [1.807, 2.05) is 19.9 Å². The first kappa shape index (κ1) is 14.3. The topological polar surface area (TPSA) is 52.4 Å². The summed E-state index contributed by atoms with van der Waals surface area (Å²) in [5.74, 6) is 1.32. The van der Waals surface area contributed by atoms with E-state index in [1.165, 1.54) is 0 Å². The minimum atomic E-state index is 0.367. The second-order valence-corrected chi connectivity index (χ2v) is 6.29. The van der Waals surface area contributed by atoms with Gasteiger partial charge in [-0.1, -0.05) is 0 Å². The van der Waals surface area contributed by atoms with Gasteiger partial charge in [0.25, 0.3) is 0 Å². The van der Waals surface area contributed by atoms with Crippen LogP contribution in [0.15, 0.2) is 6.07 Å². The van der Waals surface area contributed by atoms with Crippen molar-refractivity contribution in [2.75, 3.05) is 44.8 Å². The molecule has 1 aromatic heterocycles. The Morgan fingerprint density at radius 3 is 2.86 bits per heavy atom. The lowest BCUT2D eigenvalue weighted by Crippen LogP contribution is -2.43. The maximum Gasteiger partial charge on any atom is 0.147 e. The molecule has 2 atom stereocenters. The number of likely N-dealkylation sites (N-methyl/N-ethyl adjacent to an activating group) is 1. The molecule has 3 heterocycles. The molecule has 2 bridgehead atoms. The van der Waals surface area contributed by atoms with Gasteiger partial charge in [0.05, 0.1) is 24.8 Å². The number of pyridine rings is 1. The van der Waals surface area contributed by atoms with Gasteiger partial charge in [-0.3, -0.25) is 4.90 Å². The van der Waals surface area contributed by atoms with Crippen molar-refractivity contribution in [3.63, 3.8) is 0 Å². The average molecular weight is 286 g/mol. The van der Waals surface area contributed by atoms with Crippen LogP contribution in [0.1, 0.15) is 16.8 Å². The second kappa shape index (κ2) is 5.63. The lowest BCUT2D eigenvalue weighted by Gasteiger charge is -2.31. The zero-order valence-corrected chi connectivity index (χ0v) is 13.0. The SMILES string of the molecule is Cc1cc(C)c(C#N)c(N2C[C@@H]3COC[C@H](C2)N(C)C3)n1. The van der Waals surface area contributed by atoms with Gasteiger partial charge in [-0.25, -0.2) is 4.98 Å². The summed E-state index contributed by atoms with van der Waals surface area (Å²) in [5.41, 5.74) is 2.70. The van der Waals surface area contributed by atoms with Crippen LogP contribution in [0, 0.1) is 31.1 Å². The Balaban J connectivity index is 1.99. The largest absolute Gasteiger partial charge is 0.379 e. The van der Waals surface area contributed by atoms with E-state index in [0.717, 1.165) is 49.9 Å². The maximum atomic E-state index is 9.49. The number of hydrogen-bond acceptors (Lipinski definition) is 5. The third-order valence-electron chi connectivity index (χ3n) is 4.48. The highest BCUT2D eigenvalue weighted by molar-refractivity contribution is 5.58. The van der Waals surface area contributed by atoms with Crippen molar-refractivity contribution in [1.29, 1.82) is 5.26 Å². The van der Waals surface area contributed by atoms with Crippen LogP contribution in [-0.4, -0.2) is 55.8 Å². The predicted molar refractivity (Wildman–Crippen MR) is 81.4 cm³/mol. The Morgan fingerprint density at radius 2 is 2.10 bits per heavy atom. The van der Waals surface area contributed by atoms with Crippen LogP contribution in [0.25, 0.3) is 0 Å².